The quantitative estimate of drug-likeness (QED) is 0.782. The Morgan fingerprint density at radius 3 is 2.56 bits per heavy atom. The lowest BCUT2D eigenvalue weighted by atomic mass is 10.1. The Labute approximate surface area is 110 Å². The molecule has 6 heteroatoms. The van der Waals surface area contributed by atoms with Crippen molar-refractivity contribution in [3.05, 3.63) is 30.1 Å². The van der Waals surface area contributed by atoms with Gasteiger partial charge in [-0.2, -0.15) is 5.10 Å². The van der Waals surface area contributed by atoms with Crippen molar-refractivity contribution in [3.63, 3.8) is 0 Å². The normalized spacial score (nSPS) is 16.9. The summed E-state index contributed by atoms with van der Waals surface area (Å²) >= 11 is 5.67. The van der Waals surface area contributed by atoms with Gasteiger partial charge in [-0.3, -0.25) is 4.68 Å². The Morgan fingerprint density at radius 2 is 1.83 bits per heavy atom. The fraction of sp³-hybridized carbons (Fsp3) is 0.417. The molecule has 0 saturated carbocycles. The lowest BCUT2D eigenvalue weighted by Crippen LogP contribution is -2.19. The van der Waals surface area contributed by atoms with Crippen LogP contribution in [0.15, 0.2) is 24.8 Å². The molecular formula is C12H13ClN4O. The summed E-state index contributed by atoms with van der Waals surface area (Å²) in [6.45, 7) is 1.62. The maximum atomic E-state index is 5.67. The van der Waals surface area contributed by atoms with Gasteiger partial charge in [0.15, 0.2) is 0 Å². The van der Waals surface area contributed by atoms with E-state index in [-0.39, 0.29) is 5.28 Å². The van der Waals surface area contributed by atoms with Gasteiger partial charge in [0.1, 0.15) is 0 Å². The van der Waals surface area contributed by atoms with Crippen molar-refractivity contribution in [3.8, 4) is 11.1 Å². The van der Waals surface area contributed by atoms with Gasteiger partial charge in [0.05, 0.1) is 12.2 Å². The predicted octanol–water partition coefficient (Wildman–Crippen LogP) is 2.34. The molecule has 0 N–H and O–H groups in total. The van der Waals surface area contributed by atoms with Gasteiger partial charge in [-0.15, -0.1) is 0 Å². The second kappa shape index (κ2) is 5.04. The van der Waals surface area contributed by atoms with Crippen LogP contribution in [0.5, 0.6) is 0 Å². The maximum absolute atomic E-state index is 5.67. The average Bonchev–Trinajstić information content (AvgIpc) is 2.90. The van der Waals surface area contributed by atoms with Gasteiger partial charge in [0.25, 0.3) is 0 Å². The molecule has 1 saturated heterocycles. The summed E-state index contributed by atoms with van der Waals surface area (Å²) in [7, 11) is 0. The third kappa shape index (κ3) is 2.37. The van der Waals surface area contributed by atoms with Gasteiger partial charge in [-0.1, -0.05) is 0 Å². The molecule has 3 rings (SSSR count). The first-order chi connectivity index (χ1) is 8.83. The molecule has 0 amide bonds. The Balaban J connectivity index is 1.82. The van der Waals surface area contributed by atoms with Crippen LogP contribution in [0.25, 0.3) is 11.1 Å². The van der Waals surface area contributed by atoms with Gasteiger partial charge in [-0.25, -0.2) is 9.97 Å². The Hall–Kier alpha value is -1.46. The van der Waals surface area contributed by atoms with E-state index in [1.54, 1.807) is 12.4 Å². The zero-order chi connectivity index (χ0) is 12.4. The Kier molecular flexibility index (Phi) is 3.25. The van der Waals surface area contributed by atoms with Gasteiger partial charge in [0.2, 0.25) is 5.28 Å². The van der Waals surface area contributed by atoms with Crippen LogP contribution in [0, 0.1) is 0 Å². The molecule has 0 aromatic carbocycles. The van der Waals surface area contributed by atoms with Crippen molar-refractivity contribution in [1.82, 2.24) is 19.7 Å². The van der Waals surface area contributed by atoms with Crippen LogP contribution in [0.3, 0.4) is 0 Å². The van der Waals surface area contributed by atoms with E-state index in [0.29, 0.717) is 6.04 Å². The first-order valence-electron chi connectivity index (χ1n) is 5.93. The third-order valence-electron chi connectivity index (χ3n) is 3.12. The average molecular weight is 265 g/mol. The molecule has 2 aromatic rings. The standard InChI is InChI=1S/C12H13ClN4O/c13-12-14-5-9(6-15-12)10-7-16-17(8-10)11-1-3-18-4-2-11/h5-8,11H,1-4H2. The van der Waals surface area contributed by atoms with Gasteiger partial charge >= 0.3 is 0 Å². The Morgan fingerprint density at radius 1 is 1.11 bits per heavy atom. The molecule has 18 heavy (non-hydrogen) atoms. The van der Waals surface area contributed by atoms with E-state index in [4.69, 9.17) is 16.3 Å². The SMILES string of the molecule is Clc1ncc(-c2cnn(C3CCOCC3)c2)cn1. The highest BCUT2D eigenvalue weighted by molar-refractivity contribution is 6.28. The zero-order valence-electron chi connectivity index (χ0n) is 9.79. The molecule has 0 atom stereocenters. The van der Waals surface area contributed by atoms with Gasteiger partial charge < -0.3 is 4.74 Å². The smallest absolute Gasteiger partial charge is 0.222 e. The summed E-state index contributed by atoms with van der Waals surface area (Å²) in [5.41, 5.74) is 1.94. The van der Waals surface area contributed by atoms with Crippen molar-refractivity contribution < 1.29 is 4.74 Å². The molecule has 5 nitrogen and oxygen atoms in total. The molecular weight excluding hydrogens is 252 g/mol. The van der Waals surface area contributed by atoms with Crippen molar-refractivity contribution in [1.29, 1.82) is 0 Å². The molecule has 0 bridgehead atoms. The van der Waals surface area contributed by atoms with E-state index in [1.165, 1.54) is 0 Å². The van der Waals surface area contributed by atoms with E-state index in [0.717, 1.165) is 37.2 Å². The number of halogens is 1. The number of nitrogens with zero attached hydrogens (tertiary/aromatic N) is 4. The van der Waals surface area contributed by atoms with Crippen LogP contribution >= 0.6 is 11.6 Å². The molecule has 0 spiro atoms. The zero-order valence-corrected chi connectivity index (χ0v) is 10.5. The van der Waals surface area contributed by atoms with E-state index < -0.39 is 0 Å². The lowest BCUT2D eigenvalue weighted by Gasteiger charge is -2.22. The molecule has 1 fully saturated rings. The summed E-state index contributed by atoms with van der Waals surface area (Å²) in [6, 6.07) is 0.431. The number of hydrogen-bond donors (Lipinski definition) is 0. The number of rotatable bonds is 2. The van der Waals surface area contributed by atoms with Crippen LogP contribution in [-0.4, -0.2) is 33.0 Å². The van der Waals surface area contributed by atoms with Crippen molar-refractivity contribution in [2.24, 2.45) is 0 Å². The number of aromatic nitrogens is 4. The summed E-state index contributed by atoms with van der Waals surface area (Å²) in [4.78, 5) is 7.95. The predicted molar refractivity (Wildman–Crippen MR) is 67.4 cm³/mol. The second-order valence-corrected chi connectivity index (χ2v) is 4.63. The van der Waals surface area contributed by atoms with Gasteiger partial charge in [-0.05, 0) is 24.4 Å². The molecule has 0 aliphatic carbocycles. The van der Waals surface area contributed by atoms with Crippen molar-refractivity contribution >= 4 is 11.6 Å². The molecule has 1 aliphatic rings. The number of hydrogen-bond acceptors (Lipinski definition) is 4. The maximum Gasteiger partial charge on any atom is 0.222 e. The third-order valence-corrected chi connectivity index (χ3v) is 3.32. The topological polar surface area (TPSA) is 52.8 Å². The van der Waals surface area contributed by atoms with Crippen LogP contribution in [0.2, 0.25) is 5.28 Å². The highest BCUT2D eigenvalue weighted by Gasteiger charge is 2.16. The molecule has 0 radical (unpaired) electrons. The van der Waals surface area contributed by atoms with E-state index in [1.807, 2.05) is 17.1 Å². The number of ether oxygens (including phenoxy) is 1. The summed E-state index contributed by atoms with van der Waals surface area (Å²) < 4.78 is 7.36. The van der Waals surface area contributed by atoms with Crippen molar-refractivity contribution in [2.75, 3.05) is 13.2 Å². The minimum Gasteiger partial charge on any atom is -0.381 e. The van der Waals surface area contributed by atoms with E-state index >= 15 is 0 Å². The summed E-state index contributed by atoms with van der Waals surface area (Å²) in [5.74, 6) is 0. The Bertz CT molecular complexity index is 519. The fourth-order valence-electron chi connectivity index (χ4n) is 2.10. The highest BCUT2D eigenvalue weighted by atomic mass is 35.5. The first kappa shape index (κ1) is 11.6. The molecule has 94 valence electrons. The lowest BCUT2D eigenvalue weighted by molar-refractivity contribution is 0.0662. The summed E-state index contributed by atoms with van der Waals surface area (Å²) in [5, 5.41) is 4.67. The monoisotopic (exact) mass is 264 g/mol. The minimum atomic E-state index is 0.260. The molecule has 0 unspecified atom stereocenters. The molecule has 3 heterocycles. The first-order valence-corrected chi connectivity index (χ1v) is 6.30. The van der Waals surface area contributed by atoms with Crippen LogP contribution < -0.4 is 0 Å². The van der Waals surface area contributed by atoms with Gasteiger partial charge in [0, 0.05) is 42.9 Å². The largest absolute Gasteiger partial charge is 0.381 e. The fourth-order valence-corrected chi connectivity index (χ4v) is 2.20. The van der Waals surface area contributed by atoms with Crippen molar-refractivity contribution in [2.45, 2.75) is 18.9 Å². The van der Waals surface area contributed by atoms with Crippen LogP contribution in [0.4, 0.5) is 0 Å². The van der Waals surface area contributed by atoms with E-state index in [9.17, 15) is 0 Å². The van der Waals surface area contributed by atoms with Crippen LogP contribution in [-0.2, 0) is 4.74 Å². The second-order valence-electron chi connectivity index (χ2n) is 4.29. The summed E-state index contributed by atoms with van der Waals surface area (Å²) in [6.07, 6.45) is 9.31. The van der Waals surface area contributed by atoms with Crippen LogP contribution in [0.1, 0.15) is 18.9 Å². The molecule has 2 aromatic heterocycles. The molecule has 1 aliphatic heterocycles. The highest BCUT2D eigenvalue weighted by Crippen LogP contribution is 2.23. The minimum absolute atomic E-state index is 0.260. The van der Waals surface area contributed by atoms with E-state index in [2.05, 4.69) is 15.1 Å².